The van der Waals surface area contributed by atoms with Gasteiger partial charge in [0.25, 0.3) is 0 Å². The molecule has 2 amide bonds. The smallest absolute Gasteiger partial charge is 0.331 e. The van der Waals surface area contributed by atoms with Gasteiger partial charge in [0, 0.05) is 18.0 Å². The first-order valence-electron chi connectivity index (χ1n) is 7.00. The van der Waals surface area contributed by atoms with Crippen LogP contribution < -0.4 is 5.32 Å². The largest absolute Gasteiger partial charge is 0.479 e. The highest BCUT2D eigenvalue weighted by molar-refractivity contribution is 7.10. The van der Waals surface area contributed by atoms with Crippen LogP contribution in [0.15, 0.2) is 17.5 Å². The summed E-state index contributed by atoms with van der Waals surface area (Å²) in [5.41, 5.74) is 0. The fourth-order valence-electron chi connectivity index (χ4n) is 2.38. The van der Waals surface area contributed by atoms with E-state index in [4.69, 9.17) is 0 Å². The lowest BCUT2D eigenvalue weighted by Crippen LogP contribution is -2.44. The van der Waals surface area contributed by atoms with Crippen LogP contribution in [0.25, 0.3) is 0 Å². The quantitative estimate of drug-likeness (QED) is 0.901. The number of hydrogen-bond donors (Lipinski definition) is 2. The molecule has 1 fully saturated rings. The van der Waals surface area contributed by atoms with Crippen molar-refractivity contribution in [2.45, 2.75) is 38.1 Å². The third kappa shape index (κ3) is 3.96. The van der Waals surface area contributed by atoms with Crippen molar-refractivity contribution >= 4 is 23.3 Å². The number of nitrogens with one attached hydrogen (secondary N) is 1. The van der Waals surface area contributed by atoms with Crippen LogP contribution in [0.4, 0.5) is 4.79 Å². The van der Waals surface area contributed by atoms with Crippen LogP contribution >= 0.6 is 11.3 Å². The minimum atomic E-state index is -1.02. The van der Waals surface area contributed by atoms with Gasteiger partial charge in [-0.25, -0.2) is 9.59 Å². The summed E-state index contributed by atoms with van der Waals surface area (Å²) in [5, 5.41) is 13.7. The van der Waals surface area contributed by atoms with Gasteiger partial charge in [-0.15, -0.1) is 11.3 Å². The molecule has 1 aromatic rings. The van der Waals surface area contributed by atoms with Gasteiger partial charge in [-0.05, 0) is 24.3 Å². The molecule has 1 aromatic heterocycles. The molecule has 0 radical (unpaired) electrons. The summed E-state index contributed by atoms with van der Waals surface area (Å²) in [6.45, 7) is 1.42. The number of carbonyl (C=O) groups excluding carboxylic acids is 1. The van der Waals surface area contributed by atoms with Gasteiger partial charge in [-0.3, -0.25) is 0 Å². The van der Waals surface area contributed by atoms with Crippen LogP contribution in [0.2, 0.25) is 0 Å². The van der Waals surface area contributed by atoms with Gasteiger partial charge in [0.05, 0.1) is 0 Å². The standard InChI is InChI=1S/C14H20N2O3S/c17-13(18)12(11-7-6-10-20-11)15-14(19)16-8-4-2-1-3-5-9-16/h6-7,10,12H,1-5,8-9H2,(H,15,19)(H,17,18). The van der Waals surface area contributed by atoms with E-state index < -0.39 is 12.0 Å². The summed E-state index contributed by atoms with van der Waals surface area (Å²) in [7, 11) is 0. The van der Waals surface area contributed by atoms with Gasteiger partial charge >= 0.3 is 12.0 Å². The van der Waals surface area contributed by atoms with Crippen molar-refractivity contribution in [2.75, 3.05) is 13.1 Å². The van der Waals surface area contributed by atoms with Crippen LogP contribution in [-0.4, -0.2) is 35.1 Å². The Bertz CT molecular complexity index is 439. The van der Waals surface area contributed by atoms with E-state index in [2.05, 4.69) is 5.32 Å². The molecule has 2 rings (SSSR count). The van der Waals surface area contributed by atoms with E-state index in [0.29, 0.717) is 18.0 Å². The molecule has 1 aliphatic rings. The van der Waals surface area contributed by atoms with E-state index >= 15 is 0 Å². The molecular weight excluding hydrogens is 276 g/mol. The lowest BCUT2D eigenvalue weighted by molar-refractivity contribution is -0.139. The number of carboxylic acids is 1. The molecule has 0 aliphatic carbocycles. The number of thiophene rings is 1. The Morgan fingerprint density at radius 3 is 2.40 bits per heavy atom. The molecule has 110 valence electrons. The second kappa shape index (κ2) is 7.28. The lowest BCUT2D eigenvalue weighted by Gasteiger charge is -2.26. The summed E-state index contributed by atoms with van der Waals surface area (Å²) in [6, 6.07) is 2.30. The first kappa shape index (κ1) is 14.8. The molecule has 2 heterocycles. The number of urea groups is 1. The summed E-state index contributed by atoms with van der Waals surface area (Å²) in [6.07, 6.45) is 5.48. The molecule has 5 nitrogen and oxygen atoms in total. The van der Waals surface area contributed by atoms with Crippen molar-refractivity contribution in [3.63, 3.8) is 0 Å². The maximum absolute atomic E-state index is 12.2. The third-order valence-electron chi connectivity index (χ3n) is 3.49. The van der Waals surface area contributed by atoms with Crippen molar-refractivity contribution in [1.82, 2.24) is 10.2 Å². The predicted octanol–water partition coefficient (Wildman–Crippen LogP) is 2.85. The molecule has 1 aliphatic heterocycles. The lowest BCUT2D eigenvalue weighted by atomic mass is 10.1. The molecule has 1 atom stereocenters. The molecule has 6 heteroatoms. The van der Waals surface area contributed by atoms with Gasteiger partial charge in [0.2, 0.25) is 0 Å². The summed E-state index contributed by atoms with van der Waals surface area (Å²) in [4.78, 5) is 25.9. The molecule has 0 spiro atoms. The van der Waals surface area contributed by atoms with Crippen molar-refractivity contribution in [2.24, 2.45) is 0 Å². The Hall–Kier alpha value is -1.56. The van der Waals surface area contributed by atoms with E-state index in [9.17, 15) is 14.7 Å². The van der Waals surface area contributed by atoms with Gasteiger partial charge < -0.3 is 15.3 Å². The monoisotopic (exact) mass is 296 g/mol. The Kier molecular flexibility index (Phi) is 5.40. The number of hydrogen-bond acceptors (Lipinski definition) is 3. The fourth-order valence-corrected chi connectivity index (χ4v) is 3.14. The topological polar surface area (TPSA) is 69.6 Å². The zero-order chi connectivity index (χ0) is 14.4. The first-order chi connectivity index (χ1) is 9.68. The maximum Gasteiger partial charge on any atom is 0.331 e. The molecule has 0 saturated carbocycles. The molecule has 0 aromatic carbocycles. The average molecular weight is 296 g/mol. The Balaban J connectivity index is 1.98. The minimum absolute atomic E-state index is 0.271. The number of likely N-dealkylation sites (tertiary alicyclic amines) is 1. The average Bonchev–Trinajstić information content (AvgIpc) is 2.88. The van der Waals surface area contributed by atoms with Crippen LogP contribution in [0.1, 0.15) is 43.0 Å². The first-order valence-corrected chi connectivity index (χ1v) is 7.88. The highest BCUT2D eigenvalue weighted by atomic mass is 32.1. The van der Waals surface area contributed by atoms with E-state index in [0.717, 1.165) is 25.7 Å². The number of carbonyl (C=O) groups is 2. The molecule has 20 heavy (non-hydrogen) atoms. The second-order valence-corrected chi connectivity index (χ2v) is 5.97. The molecule has 0 bridgehead atoms. The minimum Gasteiger partial charge on any atom is -0.479 e. The molecule has 1 saturated heterocycles. The van der Waals surface area contributed by atoms with E-state index in [1.807, 2.05) is 5.38 Å². The molecule has 1 unspecified atom stereocenters. The van der Waals surface area contributed by atoms with Gasteiger partial charge in [0.1, 0.15) is 0 Å². The van der Waals surface area contributed by atoms with E-state index in [-0.39, 0.29) is 6.03 Å². The molecule has 2 N–H and O–H groups in total. The summed E-state index contributed by atoms with van der Waals surface area (Å²) < 4.78 is 0. The van der Waals surface area contributed by atoms with Crippen LogP contribution in [-0.2, 0) is 4.79 Å². The van der Waals surface area contributed by atoms with Gasteiger partial charge in [-0.1, -0.05) is 25.3 Å². The Morgan fingerprint density at radius 1 is 1.20 bits per heavy atom. The highest BCUT2D eigenvalue weighted by Crippen LogP contribution is 2.20. The second-order valence-electron chi connectivity index (χ2n) is 4.99. The number of aliphatic carboxylic acids is 1. The fraction of sp³-hybridized carbons (Fsp3) is 0.571. The van der Waals surface area contributed by atoms with E-state index in [1.54, 1.807) is 17.0 Å². The van der Waals surface area contributed by atoms with Crippen LogP contribution in [0.5, 0.6) is 0 Å². The zero-order valence-electron chi connectivity index (χ0n) is 11.4. The van der Waals surface area contributed by atoms with E-state index in [1.165, 1.54) is 17.8 Å². The number of carboxylic acid groups (broad SMARTS) is 1. The van der Waals surface area contributed by atoms with Crippen molar-refractivity contribution in [3.8, 4) is 0 Å². The number of amides is 2. The van der Waals surface area contributed by atoms with Gasteiger partial charge in [-0.2, -0.15) is 0 Å². The van der Waals surface area contributed by atoms with Crippen molar-refractivity contribution in [1.29, 1.82) is 0 Å². The Morgan fingerprint density at radius 2 is 1.85 bits per heavy atom. The summed E-state index contributed by atoms with van der Waals surface area (Å²) >= 11 is 1.34. The number of nitrogens with zero attached hydrogens (tertiary/aromatic N) is 1. The highest BCUT2D eigenvalue weighted by Gasteiger charge is 2.25. The van der Waals surface area contributed by atoms with Gasteiger partial charge in [0.15, 0.2) is 6.04 Å². The van der Waals surface area contributed by atoms with Crippen molar-refractivity contribution < 1.29 is 14.7 Å². The SMILES string of the molecule is O=C(O)C(NC(=O)N1CCCCCCC1)c1cccs1. The molecular formula is C14H20N2O3S. The zero-order valence-corrected chi connectivity index (χ0v) is 12.2. The normalized spacial score (nSPS) is 17.9. The Labute approximate surface area is 122 Å². The third-order valence-corrected chi connectivity index (χ3v) is 4.42. The number of rotatable bonds is 3. The summed E-state index contributed by atoms with van der Waals surface area (Å²) in [5.74, 6) is -1.02. The van der Waals surface area contributed by atoms with Crippen LogP contribution in [0.3, 0.4) is 0 Å². The van der Waals surface area contributed by atoms with Crippen molar-refractivity contribution in [3.05, 3.63) is 22.4 Å². The van der Waals surface area contributed by atoms with Crippen LogP contribution in [0, 0.1) is 0 Å². The maximum atomic E-state index is 12.2. The predicted molar refractivity (Wildman–Crippen MR) is 77.9 cm³/mol.